The van der Waals surface area contributed by atoms with Crippen molar-refractivity contribution < 1.29 is 18.7 Å². The van der Waals surface area contributed by atoms with Crippen molar-refractivity contribution in [3.63, 3.8) is 0 Å². The lowest BCUT2D eigenvalue weighted by atomic mass is 10.1. The van der Waals surface area contributed by atoms with Crippen molar-refractivity contribution in [2.24, 2.45) is 0 Å². The lowest BCUT2D eigenvalue weighted by Gasteiger charge is -2.26. The first-order chi connectivity index (χ1) is 18.2. The summed E-state index contributed by atoms with van der Waals surface area (Å²) in [7, 11) is 0. The average Bonchev–Trinajstić information content (AvgIpc) is 3.67. The molecule has 2 aliphatic rings. The molecule has 198 valence electrons. The second-order valence-corrected chi connectivity index (χ2v) is 11.2. The summed E-state index contributed by atoms with van der Waals surface area (Å²) in [4.78, 5) is 19.0. The van der Waals surface area contributed by atoms with Gasteiger partial charge in [-0.25, -0.2) is 14.2 Å². The summed E-state index contributed by atoms with van der Waals surface area (Å²) < 4.78 is 28.9. The molecule has 0 bridgehead atoms. The van der Waals surface area contributed by atoms with Crippen molar-refractivity contribution >= 4 is 22.6 Å². The summed E-state index contributed by atoms with van der Waals surface area (Å²) in [5, 5.41) is 9.63. The molecule has 0 radical (unpaired) electrons. The predicted molar refractivity (Wildman–Crippen MR) is 142 cm³/mol. The van der Waals surface area contributed by atoms with Crippen LogP contribution in [0.1, 0.15) is 57.9 Å². The highest BCUT2D eigenvalue weighted by Gasteiger charge is 2.32. The van der Waals surface area contributed by atoms with Gasteiger partial charge < -0.3 is 14.4 Å². The summed E-state index contributed by atoms with van der Waals surface area (Å²) in [5.41, 5.74) is 2.76. The Morgan fingerprint density at radius 3 is 2.61 bits per heavy atom. The van der Waals surface area contributed by atoms with Crippen molar-refractivity contribution in [1.82, 2.24) is 24.5 Å². The Bertz CT molecular complexity index is 1490. The van der Waals surface area contributed by atoms with Crippen LogP contribution in [0.25, 0.3) is 28.1 Å². The highest BCUT2D eigenvalue weighted by Crippen LogP contribution is 2.40. The molecule has 0 unspecified atom stereocenters. The molecule has 1 aliphatic heterocycles. The third kappa shape index (κ3) is 5.01. The fourth-order valence-corrected chi connectivity index (χ4v) is 4.93. The third-order valence-corrected chi connectivity index (χ3v) is 7.08. The zero-order chi connectivity index (χ0) is 26.4. The van der Waals surface area contributed by atoms with Crippen LogP contribution in [0.15, 0.2) is 48.7 Å². The Hall–Kier alpha value is -3.75. The normalized spacial score (nSPS) is 20.5. The number of fused-ring (bicyclic) bond motifs is 2. The molecule has 2 fully saturated rings. The molecular formula is C29H32FN5O3. The van der Waals surface area contributed by atoms with Gasteiger partial charge >= 0.3 is 6.09 Å². The first-order valence-corrected chi connectivity index (χ1v) is 13.3. The molecular weight excluding hydrogens is 485 g/mol. The van der Waals surface area contributed by atoms with Gasteiger partial charge in [0.1, 0.15) is 34.8 Å². The first-order valence-electron chi connectivity index (χ1n) is 13.3. The number of halogens is 1. The number of alkyl halides is 1. The molecule has 1 aromatic carbocycles. The van der Waals surface area contributed by atoms with E-state index in [4.69, 9.17) is 14.5 Å². The molecule has 1 aliphatic carbocycles. The van der Waals surface area contributed by atoms with Crippen molar-refractivity contribution in [2.45, 2.75) is 70.2 Å². The van der Waals surface area contributed by atoms with Gasteiger partial charge in [-0.15, -0.1) is 10.2 Å². The molecule has 4 heterocycles. The molecule has 0 N–H and O–H groups in total. The first kappa shape index (κ1) is 24.6. The van der Waals surface area contributed by atoms with E-state index in [-0.39, 0.29) is 13.0 Å². The van der Waals surface area contributed by atoms with E-state index in [0.29, 0.717) is 41.7 Å². The van der Waals surface area contributed by atoms with E-state index in [1.807, 2.05) is 61.6 Å². The quantitative estimate of drug-likeness (QED) is 0.333. The number of carbonyl (C=O) groups is 1. The van der Waals surface area contributed by atoms with Crippen LogP contribution in [0.5, 0.6) is 5.75 Å². The van der Waals surface area contributed by atoms with Gasteiger partial charge in [0, 0.05) is 31.1 Å². The summed E-state index contributed by atoms with van der Waals surface area (Å²) in [6.07, 6.45) is 2.72. The largest absolute Gasteiger partial charge is 0.485 e. The van der Waals surface area contributed by atoms with E-state index in [1.54, 1.807) is 4.90 Å². The number of rotatable bonds is 4. The van der Waals surface area contributed by atoms with Crippen molar-refractivity contribution in [2.75, 3.05) is 13.1 Å². The number of carbonyl (C=O) groups excluding carboxylic acids is 1. The number of benzene rings is 1. The number of aromatic nitrogens is 4. The van der Waals surface area contributed by atoms with Crippen LogP contribution in [-0.4, -0.2) is 61.5 Å². The van der Waals surface area contributed by atoms with Crippen molar-refractivity contribution in [3.8, 4) is 17.3 Å². The number of ether oxygens (including phenoxy) is 2. The summed E-state index contributed by atoms with van der Waals surface area (Å²) in [6, 6.07) is 13.7. The predicted octanol–water partition coefficient (Wildman–Crippen LogP) is 5.94. The minimum absolute atomic E-state index is 0.183. The number of likely N-dealkylation sites (tertiary alicyclic amines) is 1. The van der Waals surface area contributed by atoms with Crippen molar-refractivity contribution in [1.29, 1.82) is 0 Å². The Balaban J connectivity index is 1.27. The summed E-state index contributed by atoms with van der Waals surface area (Å²) >= 11 is 0. The molecule has 9 heteroatoms. The molecule has 3 aromatic heterocycles. The highest BCUT2D eigenvalue weighted by atomic mass is 19.1. The Morgan fingerprint density at radius 1 is 1.00 bits per heavy atom. The molecule has 8 nitrogen and oxygen atoms in total. The zero-order valence-corrected chi connectivity index (χ0v) is 21.9. The van der Waals surface area contributed by atoms with Crippen LogP contribution >= 0.6 is 0 Å². The Kier molecular flexibility index (Phi) is 6.16. The maximum Gasteiger partial charge on any atom is 0.410 e. The SMILES string of the molecule is CC(C)(C)OC(=O)N1CC[C@H](Oc2cccc3ccc(-c4nnc5ccc(C6CC6)cn45)nc23)[C@@H](F)CC1. The fraction of sp³-hybridized carbons (Fsp3) is 0.448. The molecule has 6 rings (SSSR count). The number of hydrogen-bond acceptors (Lipinski definition) is 6. The average molecular weight is 518 g/mol. The van der Waals surface area contributed by atoms with Crippen LogP contribution in [0.3, 0.4) is 0 Å². The van der Waals surface area contributed by atoms with E-state index in [2.05, 4.69) is 22.5 Å². The smallest absolute Gasteiger partial charge is 0.410 e. The number of para-hydroxylation sites is 1. The van der Waals surface area contributed by atoms with E-state index >= 15 is 4.39 Å². The van der Waals surface area contributed by atoms with Crippen LogP contribution in [0.4, 0.5) is 9.18 Å². The van der Waals surface area contributed by atoms with Crippen LogP contribution in [0.2, 0.25) is 0 Å². The number of hydrogen-bond donors (Lipinski definition) is 0. The van der Waals surface area contributed by atoms with Crippen LogP contribution in [0, 0.1) is 0 Å². The zero-order valence-electron chi connectivity index (χ0n) is 21.9. The van der Waals surface area contributed by atoms with Gasteiger partial charge in [0.25, 0.3) is 0 Å². The van der Waals surface area contributed by atoms with E-state index in [9.17, 15) is 4.79 Å². The summed E-state index contributed by atoms with van der Waals surface area (Å²) in [6.45, 7) is 6.11. The Morgan fingerprint density at radius 2 is 1.82 bits per heavy atom. The second kappa shape index (κ2) is 9.53. The van der Waals surface area contributed by atoms with Gasteiger partial charge in [0.05, 0.1) is 0 Å². The lowest BCUT2D eigenvalue weighted by molar-refractivity contribution is 0.0252. The standard InChI is InChI=1S/C29H32FN5O3/c1-29(2,3)38-28(36)34-15-13-21(30)23(14-16-34)37-24-6-4-5-19-9-11-22(31-26(19)24)27-33-32-25-12-10-20(17-35(25)27)18-7-8-18/h4-6,9-12,17-18,21,23H,7-8,13-16H2,1-3H3/t21-,23-/m0/s1. The molecule has 1 saturated heterocycles. The molecule has 0 spiro atoms. The van der Waals surface area contributed by atoms with Gasteiger partial charge in [-0.1, -0.05) is 24.3 Å². The van der Waals surface area contributed by atoms with Gasteiger partial charge in [-0.05, 0) is 69.7 Å². The van der Waals surface area contributed by atoms with Gasteiger partial charge in [-0.2, -0.15) is 0 Å². The minimum atomic E-state index is -1.22. The molecule has 1 amide bonds. The second-order valence-electron chi connectivity index (χ2n) is 11.2. The highest BCUT2D eigenvalue weighted by molar-refractivity contribution is 5.86. The summed E-state index contributed by atoms with van der Waals surface area (Å²) in [5.74, 6) is 1.78. The minimum Gasteiger partial charge on any atom is -0.485 e. The maximum absolute atomic E-state index is 15.2. The maximum atomic E-state index is 15.2. The van der Waals surface area contributed by atoms with Gasteiger partial charge in [-0.3, -0.25) is 4.40 Å². The molecule has 1 saturated carbocycles. The molecule has 2 atom stereocenters. The molecule has 38 heavy (non-hydrogen) atoms. The van der Waals surface area contributed by atoms with Gasteiger partial charge in [0.2, 0.25) is 0 Å². The van der Waals surface area contributed by atoms with Crippen molar-refractivity contribution in [3.05, 3.63) is 54.2 Å². The topological polar surface area (TPSA) is 81.8 Å². The van der Waals surface area contributed by atoms with E-state index in [1.165, 1.54) is 18.4 Å². The van der Waals surface area contributed by atoms with E-state index in [0.717, 1.165) is 11.0 Å². The Labute approximate surface area is 220 Å². The lowest BCUT2D eigenvalue weighted by Crippen LogP contribution is -2.37. The number of amides is 1. The van der Waals surface area contributed by atoms with Crippen LogP contribution < -0.4 is 4.74 Å². The third-order valence-electron chi connectivity index (χ3n) is 7.08. The number of nitrogens with zero attached hydrogens (tertiary/aromatic N) is 5. The van der Waals surface area contributed by atoms with E-state index < -0.39 is 24.0 Å². The fourth-order valence-electron chi connectivity index (χ4n) is 4.93. The monoisotopic (exact) mass is 517 g/mol. The number of pyridine rings is 2. The van der Waals surface area contributed by atoms with Gasteiger partial charge in [0.15, 0.2) is 11.5 Å². The van der Waals surface area contributed by atoms with Crippen LogP contribution in [-0.2, 0) is 4.74 Å². The molecule has 4 aromatic rings.